The van der Waals surface area contributed by atoms with E-state index >= 15 is 0 Å². The highest BCUT2D eigenvalue weighted by molar-refractivity contribution is 9.10. The van der Waals surface area contributed by atoms with Crippen LogP contribution in [0, 0.1) is 0 Å². The molecule has 0 bridgehead atoms. The lowest BCUT2D eigenvalue weighted by atomic mass is 10.1. The molecule has 1 aromatic carbocycles. The maximum Gasteiger partial charge on any atom is 0.416 e. The molecule has 0 unspecified atom stereocenters. The molecule has 0 N–H and O–H groups in total. The van der Waals surface area contributed by atoms with Crippen LogP contribution < -0.4 is 0 Å². The fourth-order valence-corrected chi connectivity index (χ4v) is 1.74. The molecule has 0 radical (unpaired) electrons. The Morgan fingerprint density at radius 1 is 1.33 bits per heavy atom. The van der Waals surface area contributed by atoms with Crippen molar-refractivity contribution in [3.05, 3.63) is 33.8 Å². The van der Waals surface area contributed by atoms with Gasteiger partial charge in [-0.2, -0.15) is 13.2 Å². The monoisotopic (exact) mass is 280 g/mol. The van der Waals surface area contributed by atoms with Crippen molar-refractivity contribution in [3.8, 4) is 0 Å². The van der Waals surface area contributed by atoms with Gasteiger partial charge in [0.1, 0.15) is 5.78 Å². The molecule has 1 nitrogen and oxygen atoms in total. The molecule has 82 valence electrons. The highest BCUT2D eigenvalue weighted by Crippen LogP contribution is 2.32. The summed E-state index contributed by atoms with van der Waals surface area (Å²) >= 11 is 2.98. The standard InChI is InChI=1S/C10H8BrF3O/c1-6(15)2-7-3-8(10(12,13)14)5-9(11)4-7/h3-5H,2H2,1H3. The summed E-state index contributed by atoms with van der Waals surface area (Å²) < 4.78 is 37.5. The summed E-state index contributed by atoms with van der Waals surface area (Å²) in [6.07, 6.45) is -4.36. The third kappa shape index (κ3) is 3.66. The Morgan fingerprint density at radius 2 is 1.93 bits per heavy atom. The van der Waals surface area contributed by atoms with Crippen molar-refractivity contribution in [1.29, 1.82) is 0 Å². The molecule has 0 aliphatic heterocycles. The number of benzene rings is 1. The molecule has 0 heterocycles. The molecule has 0 saturated heterocycles. The second kappa shape index (κ2) is 4.35. The topological polar surface area (TPSA) is 17.1 Å². The first-order chi connectivity index (χ1) is 6.79. The van der Waals surface area contributed by atoms with E-state index < -0.39 is 11.7 Å². The van der Waals surface area contributed by atoms with E-state index in [4.69, 9.17) is 0 Å². The smallest absolute Gasteiger partial charge is 0.300 e. The van der Waals surface area contributed by atoms with Crippen molar-refractivity contribution in [1.82, 2.24) is 0 Å². The zero-order chi connectivity index (χ0) is 11.6. The minimum Gasteiger partial charge on any atom is -0.300 e. The Labute approximate surface area is 93.4 Å². The summed E-state index contributed by atoms with van der Waals surface area (Å²) in [5.74, 6) is -0.166. The van der Waals surface area contributed by atoms with E-state index in [2.05, 4.69) is 15.9 Å². The molecule has 1 rings (SSSR count). The first-order valence-electron chi connectivity index (χ1n) is 4.15. The Bertz CT molecular complexity index is 385. The van der Waals surface area contributed by atoms with E-state index in [0.717, 1.165) is 12.1 Å². The van der Waals surface area contributed by atoms with E-state index in [9.17, 15) is 18.0 Å². The fraction of sp³-hybridized carbons (Fsp3) is 0.300. The normalized spacial score (nSPS) is 11.5. The molecule has 0 aliphatic carbocycles. The zero-order valence-corrected chi connectivity index (χ0v) is 9.45. The SMILES string of the molecule is CC(=O)Cc1cc(Br)cc(C(F)(F)F)c1. The lowest BCUT2D eigenvalue weighted by Crippen LogP contribution is -2.06. The van der Waals surface area contributed by atoms with Crippen LogP contribution in [0.3, 0.4) is 0 Å². The van der Waals surface area contributed by atoms with E-state index in [0.29, 0.717) is 10.0 Å². The van der Waals surface area contributed by atoms with Crippen LogP contribution in [-0.2, 0) is 17.4 Å². The summed E-state index contributed by atoms with van der Waals surface area (Å²) in [6.45, 7) is 1.34. The lowest BCUT2D eigenvalue weighted by molar-refractivity contribution is -0.137. The van der Waals surface area contributed by atoms with Gasteiger partial charge in [-0.1, -0.05) is 15.9 Å². The molecule has 0 amide bonds. The van der Waals surface area contributed by atoms with Gasteiger partial charge in [0.05, 0.1) is 5.56 Å². The molecule has 0 spiro atoms. The Hall–Kier alpha value is -0.840. The van der Waals surface area contributed by atoms with Crippen LogP contribution in [0.25, 0.3) is 0 Å². The van der Waals surface area contributed by atoms with Crippen molar-refractivity contribution in [3.63, 3.8) is 0 Å². The van der Waals surface area contributed by atoms with E-state index in [-0.39, 0.29) is 12.2 Å². The summed E-state index contributed by atoms with van der Waals surface area (Å²) in [7, 11) is 0. The summed E-state index contributed by atoms with van der Waals surface area (Å²) in [4.78, 5) is 10.8. The predicted molar refractivity (Wildman–Crippen MR) is 53.5 cm³/mol. The number of ketones is 1. The van der Waals surface area contributed by atoms with Gasteiger partial charge in [0.25, 0.3) is 0 Å². The molecule has 0 aliphatic rings. The predicted octanol–water partition coefficient (Wildman–Crippen LogP) is 3.60. The van der Waals surface area contributed by atoms with E-state index in [1.54, 1.807) is 0 Å². The average Bonchev–Trinajstić information content (AvgIpc) is 1.99. The van der Waals surface area contributed by atoms with Crippen LogP contribution in [0.5, 0.6) is 0 Å². The van der Waals surface area contributed by atoms with Crippen molar-refractivity contribution in [2.75, 3.05) is 0 Å². The second-order valence-corrected chi connectivity index (χ2v) is 4.14. The number of hydrogen-bond donors (Lipinski definition) is 0. The molecule has 1 aromatic rings. The Kier molecular flexibility index (Phi) is 3.54. The summed E-state index contributed by atoms with van der Waals surface area (Å²) in [5, 5.41) is 0. The Balaban J connectivity index is 3.11. The van der Waals surface area contributed by atoms with Gasteiger partial charge in [-0.05, 0) is 30.7 Å². The van der Waals surface area contributed by atoms with Crippen LogP contribution in [0.4, 0.5) is 13.2 Å². The van der Waals surface area contributed by atoms with Crippen LogP contribution in [0.2, 0.25) is 0 Å². The quantitative estimate of drug-likeness (QED) is 0.809. The van der Waals surface area contributed by atoms with Crippen molar-refractivity contribution < 1.29 is 18.0 Å². The van der Waals surface area contributed by atoms with Gasteiger partial charge >= 0.3 is 6.18 Å². The van der Waals surface area contributed by atoms with Gasteiger partial charge in [-0.3, -0.25) is 4.79 Å². The number of alkyl halides is 3. The molecular weight excluding hydrogens is 273 g/mol. The van der Waals surface area contributed by atoms with Gasteiger partial charge in [0.15, 0.2) is 0 Å². The van der Waals surface area contributed by atoms with Crippen molar-refractivity contribution in [2.24, 2.45) is 0 Å². The van der Waals surface area contributed by atoms with Crippen molar-refractivity contribution in [2.45, 2.75) is 19.5 Å². The number of carbonyl (C=O) groups excluding carboxylic acids is 1. The van der Waals surface area contributed by atoms with Crippen LogP contribution >= 0.6 is 15.9 Å². The maximum absolute atomic E-state index is 12.4. The Morgan fingerprint density at radius 3 is 2.40 bits per heavy atom. The number of Topliss-reactive ketones (excluding diaryl/α,β-unsaturated/α-hetero) is 1. The number of rotatable bonds is 2. The lowest BCUT2D eigenvalue weighted by Gasteiger charge is -2.09. The van der Waals surface area contributed by atoms with Gasteiger partial charge < -0.3 is 0 Å². The summed E-state index contributed by atoms with van der Waals surface area (Å²) in [5.41, 5.74) is -0.377. The van der Waals surface area contributed by atoms with Crippen LogP contribution in [0.15, 0.2) is 22.7 Å². The average molecular weight is 281 g/mol. The van der Waals surface area contributed by atoms with E-state index in [1.165, 1.54) is 13.0 Å². The largest absolute Gasteiger partial charge is 0.416 e. The second-order valence-electron chi connectivity index (χ2n) is 3.22. The highest BCUT2D eigenvalue weighted by atomic mass is 79.9. The first-order valence-corrected chi connectivity index (χ1v) is 4.94. The number of hydrogen-bond acceptors (Lipinski definition) is 1. The molecule has 0 saturated carbocycles. The molecule has 5 heteroatoms. The molecule has 0 fully saturated rings. The first kappa shape index (κ1) is 12.2. The fourth-order valence-electron chi connectivity index (χ4n) is 1.20. The van der Waals surface area contributed by atoms with Gasteiger partial charge in [0.2, 0.25) is 0 Å². The number of carbonyl (C=O) groups is 1. The molecule has 15 heavy (non-hydrogen) atoms. The minimum absolute atomic E-state index is 0.0164. The summed E-state index contributed by atoms with van der Waals surface area (Å²) in [6, 6.07) is 3.49. The highest BCUT2D eigenvalue weighted by Gasteiger charge is 2.31. The van der Waals surface area contributed by atoms with Gasteiger partial charge in [0, 0.05) is 10.9 Å². The maximum atomic E-state index is 12.4. The van der Waals surface area contributed by atoms with Gasteiger partial charge in [-0.15, -0.1) is 0 Å². The van der Waals surface area contributed by atoms with E-state index in [1.807, 2.05) is 0 Å². The minimum atomic E-state index is -4.38. The number of halogens is 4. The molecule has 0 aromatic heterocycles. The van der Waals surface area contributed by atoms with Crippen LogP contribution in [0.1, 0.15) is 18.1 Å². The molecule has 0 atom stereocenters. The third-order valence-electron chi connectivity index (χ3n) is 1.74. The third-order valence-corrected chi connectivity index (χ3v) is 2.20. The van der Waals surface area contributed by atoms with Gasteiger partial charge in [-0.25, -0.2) is 0 Å². The van der Waals surface area contributed by atoms with Crippen molar-refractivity contribution >= 4 is 21.7 Å². The van der Waals surface area contributed by atoms with Crippen LogP contribution in [-0.4, -0.2) is 5.78 Å². The molecular formula is C10H8BrF3O. The zero-order valence-electron chi connectivity index (χ0n) is 7.86.